The van der Waals surface area contributed by atoms with Crippen molar-refractivity contribution in [1.29, 1.82) is 0 Å². The molecule has 0 fully saturated rings. The molecule has 0 bridgehead atoms. The first-order valence-electron chi connectivity index (χ1n) is 7.25. The van der Waals surface area contributed by atoms with Gasteiger partial charge in [0.1, 0.15) is 11.8 Å². The van der Waals surface area contributed by atoms with Crippen molar-refractivity contribution in [2.75, 3.05) is 14.2 Å². The number of carboxylic acid groups (broad SMARTS) is 1. The zero-order chi connectivity index (χ0) is 17.7. The van der Waals surface area contributed by atoms with Crippen LogP contribution in [0.5, 0.6) is 5.75 Å². The summed E-state index contributed by atoms with van der Waals surface area (Å²) >= 11 is 0. The van der Waals surface area contributed by atoms with Crippen LogP contribution in [0.4, 0.5) is 0 Å². The summed E-state index contributed by atoms with van der Waals surface area (Å²) in [5.74, 6) is -0.697. The Bertz CT molecular complexity index is 805. The molecule has 0 saturated carbocycles. The van der Waals surface area contributed by atoms with Crippen LogP contribution in [0.15, 0.2) is 59.5 Å². The van der Waals surface area contributed by atoms with E-state index in [-0.39, 0.29) is 11.3 Å². The zero-order valence-corrected chi connectivity index (χ0v) is 14.2. The summed E-state index contributed by atoms with van der Waals surface area (Å²) in [6.45, 7) is 0. The van der Waals surface area contributed by atoms with Gasteiger partial charge in [0, 0.05) is 13.5 Å². The van der Waals surface area contributed by atoms with Crippen molar-refractivity contribution in [3.8, 4) is 5.75 Å². The molecule has 24 heavy (non-hydrogen) atoms. The number of ether oxygens (including phenoxy) is 1. The molecule has 0 heterocycles. The number of benzene rings is 2. The molecule has 0 aliphatic rings. The number of sulfonamides is 1. The van der Waals surface area contributed by atoms with E-state index in [0.717, 1.165) is 4.31 Å². The summed E-state index contributed by atoms with van der Waals surface area (Å²) in [5, 5.41) is 9.53. The highest BCUT2D eigenvalue weighted by Gasteiger charge is 2.33. The maximum Gasteiger partial charge on any atom is 0.322 e. The van der Waals surface area contributed by atoms with Crippen LogP contribution < -0.4 is 4.74 Å². The molecule has 0 aliphatic heterocycles. The molecule has 128 valence electrons. The van der Waals surface area contributed by atoms with Crippen molar-refractivity contribution < 1.29 is 23.1 Å². The van der Waals surface area contributed by atoms with Crippen LogP contribution in [-0.4, -0.2) is 44.0 Å². The van der Waals surface area contributed by atoms with Gasteiger partial charge in [0.05, 0.1) is 12.0 Å². The Labute approximate surface area is 141 Å². The van der Waals surface area contributed by atoms with Gasteiger partial charge < -0.3 is 9.84 Å². The van der Waals surface area contributed by atoms with Gasteiger partial charge in [-0.3, -0.25) is 4.79 Å². The molecule has 0 radical (unpaired) electrons. The Balaban J connectivity index is 2.35. The van der Waals surface area contributed by atoms with Gasteiger partial charge in [-0.1, -0.05) is 36.4 Å². The number of para-hydroxylation sites is 1. The molecule has 6 nitrogen and oxygen atoms in total. The van der Waals surface area contributed by atoms with Crippen molar-refractivity contribution >= 4 is 16.0 Å². The maximum atomic E-state index is 12.7. The Morgan fingerprint density at radius 1 is 1.12 bits per heavy atom. The van der Waals surface area contributed by atoms with Gasteiger partial charge in [0.25, 0.3) is 0 Å². The first-order valence-corrected chi connectivity index (χ1v) is 8.69. The van der Waals surface area contributed by atoms with Gasteiger partial charge in [0.15, 0.2) is 0 Å². The number of likely N-dealkylation sites (N-methyl/N-ethyl adjacent to an activating group) is 1. The Morgan fingerprint density at radius 2 is 1.71 bits per heavy atom. The summed E-state index contributed by atoms with van der Waals surface area (Å²) in [7, 11) is -1.15. The summed E-state index contributed by atoms with van der Waals surface area (Å²) in [4.78, 5) is 11.7. The van der Waals surface area contributed by atoms with Crippen LogP contribution in [0.25, 0.3) is 0 Å². The molecule has 0 spiro atoms. The summed E-state index contributed by atoms with van der Waals surface area (Å²) in [5.41, 5.74) is 0.627. The molecular weight excluding hydrogens is 330 g/mol. The van der Waals surface area contributed by atoms with E-state index in [1.807, 2.05) is 0 Å². The van der Waals surface area contributed by atoms with Crippen LogP contribution in [-0.2, 0) is 21.2 Å². The molecule has 1 atom stereocenters. The molecule has 1 N–H and O–H groups in total. The van der Waals surface area contributed by atoms with Crippen LogP contribution in [0.3, 0.4) is 0 Å². The third-order valence-electron chi connectivity index (χ3n) is 3.75. The second kappa shape index (κ2) is 7.46. The van der Waals surface area contributed by atoms with E-state index >= 15 is 0 Å². The van der Waals surface area contributed by atoms with Crippen LogP contribution >= 0.6 is 0 Å². The number of carboxylic acids is 1. The van der Waals surface area contributed by atoms with Gasteiger partial charge in [-0.2, -0.15) is 4.31 Å². The molecule has 0 aliphatic carbocycles. The SMILES string of the molecule is COc1ccccc1C[C@H](C(=O)O)N(C)S(=O)(=O)c1ccccc1. The van der Waals surface area contributed by atoms with Crippen LogP contribution in [0, 0.1) is 0 Å². The minimum atomic E-state index is -3.91. The monoisotopic (exact) mass is 349 g/mol. The molecular formula is C17H19NO5S. The lowest BCUT2D eigenvalue weighted by Gasteiger charge is -2.25. The van der Waals surface area contributed by atoms with Crippen LogP contribution in [0.1, 0.15) is 5.56 Å². The standard InChI is InChI=1S/C17H19NO5S/c1-18(24(21,22)14-9-4-3-5-10-14)15(17(19)20)12-13-8-6-7-11-16(13)23-2/h3-11,15H,12H2,1-2H3,(H,19,20)/t15-/m1/s1. The van der Waals surface area contributed by atoms with Gasteiger partial charge in [-0.15, -0.1) is 0 Å². The fourth-order valence-corrected chi connectivity index (χ4v) is 3.71. The molecule has 7 heteroatoms. The number of rotatable bonds is 7. The quantitative estimate of drug-likeness (QED) is 0.827. The molecule has 0 unspecified atom stereocenters. The predicted molar refractivity (Wildman–Crippen MR) is 89.5 cm³/mol. The summed E-state index contributed by atoms with van der Waals surface area (Å²) in [6, 6.07) is 13.5. The number of methoxy groups -OCH3 is 1. The third-order valence-corrected chi connectivity index (χ3v) is 5.63. The molecule has 0 saturated heterocycles. The lowest BCUT2D eigenvalue weighted by Crippen LogP contribution is -2.43. The van der Waals surface area contributed by atoms with E-state index in [0.29, 0.717) is 11.3 Å². The number of carbonyl (C=O) groups is 1. The number of aliphatic carboxylic acids is 1. The van der Waals surface area contributed by atoms with Crippen molar-refractivity contribution in [1.82, 2.24) is 4.31 Å². The second-order valence-electron chi connectivity index (χ2n) is 5.20. The Kier molecular flexibility index (Phi) is 5.58. The van der Waals surface area contributed by atoms with Gasteiger partial charge in [-0.25, -0.2) is 8.42 Å². The van der Waals surface area contributed by atoms with E-state index in [9.17, 15) is 18.3 Å². The molecule has 2 aromatic rings. The van der Waals surface area contributed by atoms with E-state index in [1.54, 1.807) is 42.5 Å². The Morgan fingerprint density at radius 3 is 2.29 bits per heavy atom. The van der Waals surface area contributed by atoms with Crippen molar-refractivity contribution in [2.24, 2.45) is 0 Å². The van der Waals surface area contributed by atoms with E-state index < -0.39 is 22.0 Å². The largest absolute Gasteiger partial charge is 0.496 e. The van der Waals surface area contributed by atoms with E-state index in [4.69, 9.17) is 4.74 Å². The van der Waals surface area contributed by atoms with Crippen molar-refractivity contribution in [2.45, 2.75) is 17.4 Å². The topological polar surface area (TPSA) is 83.9 Å². The zero-order valence-electron chi connectivity index (χ0n) is 13.4. The first kappa shape index (κ1) is 18.0. The van der Waals surface area contributed by atoms with Gasteiger partial charge in [0.2, 0.25) is 10.0 Å². The second-order valence-corrected chi connectivity index (χ2v) is 7.20. The highest BCUT2D eigenvalue weighted by atomic mass is 32.2. The summed E-state index contributed by atoms with van der Waals surface area (Å²) < 4.78 is 31.4. The molecule has 2 aromatic carbocycles. The van der Waals surface area contributed by atoms with Crippen molar-refractivity contribution in [3.05, 3.63) is 60.2 Å². The maximum absolute atomic E-state index is 12.7. The van der Waals surface area contributed by atoms with Crippen LogP contribution in [0.2, 0.25) is 0 Å². The smallest absolute Gasteiger partial charge is 0.322 e. The number of hydrogen-bond acceptors (Lipinski definition) is 4. The Hall–Kier alpha value is -2.38. The molecule has 0 aromatic heterocycles. The van der Waals surface area contributed by atoms with E-state index in [1.165, 1.54) is 26.3 Å². The fraction of sp³-hybridized carbons (Fsp3) is 0.235. The predicted octanol–water partition coefficient (Wildman–Crippen LogP) is 2.01. The number of nitrogens with zero attached hydrogens (tertiary/aromatic N) is 1. The summed E-state index contributed by atoms with van der Waals surface area (Å²) in [6.07, 6.45) is 0.00190. The average Bonchev–Trinajstić information content (AvgIpc) is 2.59. The van der Waals surface area contributed by atoms with Gasteiger partial charge >= 0.3 is 5.97 Å². The first-order chi connectivity index (χ1) is 11.4. The molecule has 0 amide bonds. The minimum Gasteiger partial charge on any atom is -0.496 e. The lowest BCUT2D eigenvalue weighted by atomic mass is 10.1. The fourth-order valence-electron chi connectivity index (χ4n) is 2.38. The highest BCUT2D eigenvalue weighted by molar-refractivity contribution is 7.89. The van der Waals surface area contributed by atoms with E-state index in [2.05, 4.69) is 0 Å². The lowest BCUT2D eigenvalue weighted by molar-refractivity contribution is -0.141. The normalized spacial score (nSPS) is 12.8. The third kappa shape index (κ3) is 3.74. The molecule has 2 rings (SSSR count). The van der Waals surface area contributed by atoms with Crippen molar-refractivity contribution in [3.63, 3.8) is 0 Å². The number of hydrogen-bond donors (Lipinski definition) is 1. The average molecular weight is 349 g/mol. The minimum absolute atomic E-state index is 0.00190. The van der Waals surface area contributed by atoms with Gasteiger partial charge in [-0.05, 0) is 23.8 Å². The highest BCUT2D eigenvalue weighted by Crippen LogP contribution is 2.23.